The molecule has 19 heavy (non-hydrogen) atoms. The Hall–Kier alpha value is -1.41. The lowest BCUT2D eigenvalue weighted by molar-refractivity contribution is 0.234. The third-order valence-electron chi connectivity index (χ3n) is 4.16. The summed E-state index contributed by atoms with van der Waals surface area (Å²) in [5, 5.41) is 1.18. The standard InChI is InChI=1S/C17H24N2/c1-12(17(2,3)4)11-15(18)13-7-5-9-16-14(13)8-6-10-19-16/h5-10,12,15H,11,18H2,1-4H3. The highest BCUT2D eigenvalue weighted by Gasteiger charge is 2.23. The summed E-state index contributed by atoms with van der Waals surface area (Å²) in [5.41, 5.74) is 8.96. The van der Waals surface area contributed by atoms with Crippen LogP contribution in [-0.4, -0.2) is 4.98 Å². The van der Waals surface area contributed by atoms with Crippen LogP contribution in [0.4, 0.5) is 0 Å². The summed E-state index contributed by atoms with van der Waals surface area (Å²) in [6, 6.07) is 10.4. The second-order valence-corrected chi connectivity index (χ2v) is 6.53. The molecule has 0 spiro atoms. The molecule has 0 aliphatic rings. The fraction of sp³-hybridized carbons (Fsp3) is 0.471. The third kappa shape index (κ3) is 3.13. The van der Waals surface area contributed by atoms with Gasteiger partial charge >= 0.3 is 0 Å². The molecule has 1 heterocycles. The molecule has 0 aliphatic carbocycles. The molecule has 0 saturated heterocycles. The average Bonchev–Trinajstić information content (AvgIpc) is 2.36. The van der Waals surface area contributed by atoms with Gasteiger partial charge in [-0.15, -0.1) is 0 Å². The van der Waals surface area contributed by atoms with Crippen molar-refractivity contribution in [3.8, 4) is 0 Å². The van der Waals surface area contributed by atoms with Gasteiger partial charge in [0.1, 0.15) is 0 Å². The van der Waals surface area contributed by atoms with Crippen molar-refractivity contribution in [1.29, 1.82) is 0 Å². The summed E-state index contributed by atoms with van der Waals surface area (Å²) < 4.78 is 0. The van der Waals surface area contributed by atoms with E-state index in [1.54, 1.807) is 0 Å². The Morgan fingerprint density at radius 3 is 2.58 bits per heavy atom. The van der Waals surface area contributed by atoms with Crippen molar-refractivity contribution in [1.82, 2.24) is 4.98 Å². The van der Waals surface area contributed by atoms with Crippen molar-refractivity contribution < 1.29 is 0 Å². The van der Waals surface area contributed by atoms with Gasteiger partial charge in [-0.2, -0.15) is 0 Å². The molecule has 2 rings (SSSR count). The third-order valence-corrected chi connectivity index (χ3v) is 4.16. The first-order chi connectivity index (χ1) is 8.89. The van der Waals surface area contributed by atoms with Crippen molar-refractivity contribution in [2.75, 3.05) is 0 Å². The van der Waals surface area contributed by atoms with Crippen LogP contribution in [0.5, 0.6) is 0 Å². The summed E-state index contributed by atoms with van der Waals surface area (Å²) in [7, 11) is 0. The number of hydrogen-bond donors (Lipinski definition) is 1. The minimum Gasteiger partial charge on any atom is -0.324 e. The van der Waals surface area contributed by atoms with Gasteiger partial charge in [-0.05, 0) is 35.4 Å². The lowest BCUT2D eigenvalue weighted by Crippen LogP contribution is -2.23. The van der Waals surface area contributed by atoms with Crippen LogP contribution in [0.3, 0.4) is 0 Å². The van der Waals surface area contributed by atoms with Gasteiger partial charge in [0, 0.05) is 17.6 Å². The molecule has 1 aromatic carbocycles. The highest BCUT2D eigenvalue weighted by Crippen LogP contribution is 2.33. The van der Waals surface area contributed by atoms with Gasteiger partial charge in [0.25, 0.3) is 0 Å². The van der Waals surface area contributed by atoms with Gasteiger partial charge in [-0.3, -0.25) is 4.98 Å². The van der Waals surface area contributed by atoms with E-state index < -0.39 is 0 Å². The Morgan fingerprint density at radius 2 is 1.89 bits per heavy atom. The van der Waals surface area contributed by atoms with E-state index in [-0.39, 0.29) is 6.04 Å². The lowest BCUT2D eigenvalue weighted by atomic mass is 9.77. The molecule has 2 nitrogen and oxygen atoms in total. The summed E-state index contributed by atoms with van der Waals surface area (Å²) in [5.74, 6) is 0.578. The Morgan fingerprint density at radius 1 is 1.16 bits per heavy atom. The van der Waals surface area contributed by atoms with Gasteiger partial charge in [0.15, 0.2) is 0 Å². The van der Waals surface area contributed by atoms with Crippen LogP contribution >= 0.6 is 0 Å². The highest BCUT2D eigenvalue weighted by molar-refractivity contribution is 5.82. The Bertz CT molecular complexity index is 549. The fourth-order valence-corrected chi connectivity index (χ4v) is 2.31. The van der Waals surface area contributed by atoms with Crippen LogP contribution in [0.15, 0.2) is 36.5 Å². The van der Waals surface area contributed by atoms with E-state index in [0.717, 1.165) is 11.9 Å². The Kier molecular flexibility index (Phi) is 3.91. The highest BCUT2D eigenvalue weighted by atomic mass is 14.7. The van der Waals surface area contributed by atoms with Crippen LogP contribution in [0.2, 0.25) is 0 Å². The first-order valence-electron chi connectivity index (χ1n) is 6.99. The van der Waals surface area contributed by atoms with E-state index in [2.05, 4.69) is 44.8 Å². The fourth-order valence-electron chi connectivity index (χ4n) is 2.31. The maximum atomic E-state index is 6.43. The number of fused-ring (bicyclic) bond motifs is 1. The SMILES string of the molecule is CC(CC(N)c1cccc2ncccc12)C(C)(C)C. The number of nitrogens with zero attached hydrogens (tertiary/aromatic N) is 1. The minimum absolute atomic E-state index is 0.0714. The Labute approximate surface area is 116 Å². The molecule has 102 valence electrons. The number of benzene rings is 1. The molecule has 2 atom stereocenters. The molecule has 2 heteroatoms. The predicted molar refractivity (Wildman–Crippen MR) is 81.9 cm³/mol. The first-order valence-corrected chi connectivity index (χ1v) is 6.99. The molecule has 0 bridgehead atoms. The van der Waals surface area contributed by atoms with Gasteiger partial charge in [0.05, 0.1) is 5.52 Å². The summed E-state index contributed by atoms with van der Waals surface area (Å²) in [4.78, 5) is 4.40. The van der Waals surface area contributed by atoms with Crippen molar-refractivity contribution in [3.63, 3.8) is 0 Å². The molecule has 2 unspecified atom stereocenters. The molecule has 0 saturated carbocycles. The second-order valence-electron chi connectivity index (χ2n) is 6.53. The maximum Gasteiger partial charge on any atom is 0.0705 e. The smallest absolute Gasteiger partial charge is 0.0705 e. The van der Waals surface area contributed by atoms with Crippen LogP contribution in [0, 0.1) is 11.3 Å². The number of rotatable bonds is 3. The molecule has 1 aromatic heterocycles. The van der Waals surface area contributed by atoms with E-state index in [4.69, 9.17) is 5.73 Å². The first kappa shape index (κ1) is 14.0. The zero-order valence-corrected chi connectivity index (χ0v) is 12.4. The van der Waals surface area contributed by atoms with Crippen LogP contribution < -0.4 is 5.73 Å². The summed E-state index contributed by atoms with van der Waals surface area (Å²) >= 11 is 0. The van der Waals surface area contributed by atoms with E-state index in [1.165, 1.54) is 10.9 Å². The number of pyridine rings is 1. The molecule has 2 N–H and O–H groups in total. The van der Waals surface area contributed by atoms with Gasteiger partial charge in [-0.25, -0.2) is 0 Å². The maximum absolute atomic E-state index is 6.43. The number of hydrogen-bond acceptors (Lipinski definition) is 2. The second kappa shape index (κ2) is 5.30. The van der Waals surface area contributed by atoms with E-state index in [1.807, 2.05) is 24.4 Å². The molecule has 0 radical (unpaired) electrons. The van der Waals surface area contributed by atoms with Gasteiger partial charge < -0.3 is 5.73 Å². The van der Waals surface area contributed by atoms with Crippen molar-refractivity contribution in [3.05, 3.63) is 42.1 Å². The van der Waals surface area contributed by atoms with E-state index in [0.29, 0.717) is 11.3 Å². The monoisotopic (exact) mass is 256 g/mol. The van der Waals surface area contributed by atoms with E-state index in [9.17, 15) is 0 Å². The normalized spacial score (nSPS) is 15.4. The van der Waals surface area contributed by atoms with Crippen LogP contribution in [0.25, 0.3) is 10.9 Å². The molecule has 0 aliphatic heterocycles. The van der Waals surface area contributed by atoms with Gasteiger partial charge in [0.2, 0.25) is 0 Å². The lowest BCUT2D eigenvalue weighted by Gasteiger charge is -2.30. The molecule has 0 amide bonds. The zero-order chi connectivity index (χ0) is 14.0. The molecular weight excluding hydrogens is 232 g/mol. The quantitative estimate of drug-likeness (QED) is 0.889. The van der Waals surface area contributed by atoms with Crippen LogP contribution in [0.1, 0.15) is 45.7 Å². The van der Waals surface area contributed by atoms with Crippen molar-refractivity contribution in [2.45, 2.75) is 40.2 Å². The number of aromatic nitrogens is 1. The zero-order valence-electron chi connectivity index (χ0n) is 12.4. The van der Waals surface area contributed by atoms with E-state index >= 15 is 0 Å². The molecule has 0 fully saturated rings. The van der Waals surface area contributed by atoms with Gasteiger partial charge in [-0.1, -0.05) is 45.9 Å². The summed E-state index contributed by atoms with van der Waals surface area (Å²) in [6.07, 6.45) is 2.83. The summed E-state index contributed by atoms with van der Waals surface area (Å²) in [6.45, 7) is 9.10. The number of nitrogens with two attached hydrogens (primary N) is 1. The molecule has 2 aromatic rings. The minimum atomic E-state index is 0.0714. The predicted octanol–water partition coefficient (Wildman–Crippen LogP) is 4.31. The van der Waals surface area contributed by atoms with Crippen molar-refractivity contribution >= 4 is 10.9 Å². The average molecular weight is 256 g/mol. The van der Waals surface area contributed by atoms with Crippen molar-refractivity contribution in [2.24, 2.45) is 17.1 Å². The topological polar surface area (TPSA) is 38.9 Å². The largest absolute Gasteiger partial charge is 0.324 e. The molecular formula is C17H24N2. The van der Waals surface area contributed by atoms with Crippen LogP contribution in [-0.2, 0) is 0 Å². The Balaban J connectivity index is 2.29.